The van der Waals surface area contributed by atoms with Crippen LogP contribution < -0.4 is 10.6 Å². The number of hydrogen-bond acceptors (Lipinski definition) is 5. The molecular weight excluding hydrogens is 240 g/mol. The summed E-state index contributed by atoms with van der Waals surface area (Å²) in [5, 5.41) is 16.5. The summed E-state index contributed by atoms with van der Waals surface area (Å²) in [5.41, 5.74) is 1.04. The zero-order chi connectivity index (χ0) is 13.7. The standard InChI is InChI=1S/C14H24N4O/c1-3-7-15-13-10(2)14(18-9-17-13)16-8-11-5-4-6-12(11)19/h9,11-12,19H,3-8H2,1-2H3,(H2,15,16,17,18). The molecule has 0 aliphatic heterocycles. The molecule has 3 N–H and O–H groups in total. The Morgan fingerprint density at radius 1 is 1.26 bits per heavy atom. The highest BCUT2D eigenvalue weighted by Gasteiger charge is 2.25. The van der Waals surface area contributed by atoms with E-state index in [-0.39, 0.29) is 6.10 Å². The largest absolute Gasteiger partial charge is 0.393 e. The second-order valence-corrected chi connectivity index (χ2v) is 5.26. The van der Waals surface area contributed by atoms with Crippen LogP contribution in [0, 0.1) is 12.8 Å². The summed E-state index contributed by atoms with van der Waals surface area (Å²) in [5.74, 6) is 2.11. The number of nitrogens with one attached hydrogen (secondary N) is 2. The van der Waals surface area contributed by atoms with Crippen molar-refractivity contribution in [3.63, 3.8) is 0 Å². The van der Waals surface area contributed by atoms with E-state index in [9.17, 15) is 5.11 Å². The maximum atomic E-state index is 9.82. The molecule has 1 aliphatic rings. The van der Waals surface area contributed by atoms with Gasteiger partial charge in [0.1, 0.15) is 18.0 Å². The Morgan fingerprint density at radius 2 is 2.00 bits per heavy atom. The molecule has 2 rings (SSSR count). The molecule has 1 heterocycles. The van der Waals surface area contributed by atoms with Crippen LogP contribution in [0.1, 0.15) is 38.2 Å². The molecule has 1 fully saturated rings. The van der Waals surface area contributed by atoms with Gasteiger partial charge in [0, 0.05) is 24.6 Å². The van der Waals surface area contributed by atoms with Gasteiger partial charge in [-0.15, -0.1) is 0 Å². The van der Waals surface area contributed by atoms with E-state index in [0.717, 1.165) is 56.0 Å². The quantitative estimate of drug-likeness (QED) is 0.734. The van der Waals surface area contributed by atoms with Crippen LogP contribution in [-0.2, 0) is 0 Å². The molecule has 19 heavy (non-hydrogen) atoms. The zero-order valence-electron chi connectivity index (χ0n) is 11.8. The molecule has 0 amide bonds. The van der Waals surface area contributed by atoms with Crippen molar-refractivity contribution in [3.8, 4) is 0 Å². The van der Waals surface area contributed by atoms with Crippen LogP contribution in [0.3, 0.4) is 0 Å². The second kappa shape index (κ2) is 6.70. The fourth-order valence-electron chi connectivity index (χ4n) is 2.53. The number of nitrogens with zero attached hydrogens (tertiary/aromatic N) is 2. The van der Waals surface area contributed by atoms with Crippen LogP contribution in [0.25, 0.3) is 0 Å². The third kappa shape index (κ3) is 3.56. The predicted molar refractivity (Wildman–Crippen MR) is 77.4 cm³/mol. The molecule has 1 aromatic rings. The Bertz CT molecular complexity index is 410. The summed E-state index contributed by atoms with van der Waals surface area (Å²) in [4.78, 5) is 8.55. The van der Waals surface area contributed by atoms with Crippen molar-refractivity contribution < 1.29 is 5.11 Å². The lowest BCUT2D eigenvalue weighted by atomic mass is 10.1. The van der Waals surface area contributed by atoms with Crippen LogP contribution in [-0.4, -0.2) is 34.3 Å². The van der Waals surface area contributed by atoms with Crippen LogP contribution in [0.4, 0.5) is 11.6 Å². The Kier molecular flexibility index (Phi) is 4.96. The minimum atomic E-state index is -0.160. The Labute approximate surface area is 114 Å². The molecule has 0 aromatic carbocycles. The normalized spacial score (nSPS) is 22.5. The van der Waals surface area contributed by atoms with Crippen molar-refractivity contribution in [3.05, 3.63) is 11.9 Å². The monoisotopic (exact) mass is 264 g/mol. The molecule has 0 spiro atoms. The summed E-state index contributed by atoms with van der Waals surface area (Å²) in [6.45, 7) is 5.85. The Morgan fingerprint density at radius 3 is 2.63 bits per heavy atom. The average molecular weight is 264 g/mol. The van der Waals surface area contributed by atoms with E-state index >= 15 is 0 Å². The Hall–Kier alpha value is -1.36. The van der Waals surface area contributed by atoms with Gasteiger partial charge in [-0.25, -0.2) is 9.97 Å². The minimum absolute atomic E-state index is 0.160. The van der Waals surface area contributed by atoms with Crippen molar-refractivity contribution in [2.45, 2.75) is 45.6 Å². The van der Waals surface area contributed by atoms with Gasteiger partial charge in [0.15, 0.2) is 0 Å². The van der Waals surface area contributed by atoms with Crippen molar-refractivity contribution in [1.29, 1.82) is 0 Å². The van der Waals surface area contributed by atoms with E-state index in [0.29, 0.717) is 5.92 Å². The zero-order valence-corrected chi connectivity index (χ0v) is 11.8. The first-order chi connectivity index (χ1) is 9.22. The first kappa shape index (κ1) is 14.1. The summed E-state index contributed by atoms with van der Waals surface area (Å²) < 4.78 is 0. The van der Waals surface area contributed by atoms with E-state index in [1.54, 1.807) is 6.33 Å². The maximum Gasteiger partial charge on any atom is 0.134 e. The van der Waals surface area contributed by atoms with Crippen LogP contribution >= 0.6 is 0 Å². The number of aliphatic hydroxyl groups excluding tert-OH is 1. The number of hydrogen-bond donors (Lipinski definition) is 3. The molecule has 2 unspecified atom stereocenters. The molecule has 0 bridgehead atoms. The molecule has 0 radical (unpaired) electrons. The second-order valence-electron chi connectivity index (χ2n) is 5.26. The van der Waals surface area contributed by atoms with E-state index in [4.69, 9.17) is 0 Å². The van der Waals surface area contributed by atoms with Gasteiger partial charge in [-0.3, -0.25) is 0 Å². The van der Waals surface area contributed by atoms with E-state index < -0.39 is 0 Å². The van der Waals surface area contributed by atoms with Crippen molar-refractivity contribution in [1.82, 2.24) is 9.97 Å². The fourth-order valence-corrected chi connectivity index (χ4v) is 2.53. The summed E-state index contributed by atoms with van der Waals surface area (Å²) in [7, 11) is 0. The summed E-state index contributed by atoms with van der Waals surface area (Å²) in [6.07, 6.45) is 5.64. The van der Waals surface area contributed by atoms with Gasteiger partial charge in [-0.1, -0.05) is 13.3 Å². The molecule has 1 aliphatic carbocycles. The lowest BCUT2D eigenvalue weighted by Gasteiger charge is -2.17. The van der Waals surface area contributed by atoms with Gasteiger partial charge in [-0.05, 0) is 26.2 Å². The summed E-state index contributed by atoms with van der Waals surface area (Å²) in [6, 6.07) is 0. The van der Waals surface area contributed by atoms with Gasteiger partial charge in [-0.2, -0.15) is 0 Å². The molecule has 5 nitrogen and oxygen atoms in total. The molecule has 1 saturated carbocycles. The van der Waals surface area contributed by atoms with E-state index in [1.807, 2.05) is 6.92 Å². The smallest absolute Gasteiger partial charge is 0.134 e. The average Bonchev–Trinajstić information content (AvgIpc) is 2.82. The molecule has 1 aromatic heterocycles. The lowest BCUT2D eigenvalue weighted by molar-refractivity contribution is 0.138. The molecule has 2 atom stereocenters. The Balaban J connectivity index is 1.96. The lowest BCUT2D eigenvalue weighted by Crippen LogP contribution is -2.22. The number of anilines is 2. The van der Waals surface area contributed by atoms with Gasteiger partial charge in [0.2, 0.25) is 0 Å². The highest BCUT2D eigenvalue weighted by molar-refractivity contribution is 5.56. The van der Waals surface area contributed by atoms with E-state index in [2.05, 4.69) is 27.5 Å². The van der Waals surface area contributed by atoms with Crippen molar-refractivity contribution in [2.24, 2.45) is 5.92 Å². The highest BCUT2D eigenvalue weighted by Crippen LogP contribution is 2.26. The third-order valence-electron chi connectivity index (χ3n) is 3.78. The topological polar surface area (TPSA) is 70.1 Å². The van der Waals surface area contributed by atoms with Gasteiger partial charge < -0.3 is 15.7 Å². The van der Waals surface area contributed by atoms with Crippen molar-refractivity contribution in [2.75, 3.05) is 23.7 Å². The maximum absolute atomic E-state index is 9.82. The number of rotatable bonds is 6. The molecule has 106 valence electrons. The molecule has 0 saturated heterocycles. The predicted octanol–water partition coefficient (Wildman–Crippen LogP) is 2.18. The minimum Gasteiger partial charge on any atom is -0.393 e. The van der Waals surface area contributed by atoms with Crippen LogP contribution in [0.2, 0.25) is 0 Å². The third-order valence-corrected chi connectivity index (χ3v) is 3.78. The highest BCUT2D eigenvalue weighted by atomic mass is 16.3. The molecule has 5 heteroatoms. The van der Waals surface area contributed by atoms with Gasteiger partial charge >= 0.3 is 0 Å². The SMILES string of the molecule is CCCNc1ncnc(NCC2CCCC2O)c1C. The van der Waals surface area contributed by atoms with Crippen LogP contribution in [0.5, 0.6) is 0 Å². The van der Waals surface area contributed by atoms with Gasteiger partial charge in [0.05, 0.1) is 6.10 Å². The number of aromatic nitrogens is 2. The van der Waals surface area contributed by atoms with Crippen LogP contribution in [0.15, 0.2) is 6.33 Å². The van der Waals surface area contributed by atoms with Crippen molar-refractivity contribution >= 4 is 11.6 Å². The first-order valence-electron chi connectivity index (χ1n) is 7.19. The first-order valence-corrected chi connectivity index (χ1v) is 7.19. The van der Waals surface area contributed by atoms with E-state index in [1.165, 1.54) is 0 Å². The molecular formula is C14H24N4O. The summed E-state index contributed by atoms with van der Waals surface area (Å²) >= 11 is 0. The fraction of sp³-hybridized carbons (Fsp3) is 0.714. The van der Waals surface area contributed by atoms with Gasteiger partial charge in [0.25, 0.3) is 0 Å². The number of aliphatic hydroxyl groups is 1.